The highest BCUT2D eigenvalue weighted by atomic mass is 32.2. The highest BCUT2D eigenvalue weighted by Gasteiger charge is 2.31. The molecule has 0 amide bonds. The number of benzene rings is 1. The number of pyridine rings is 1. The van der Waals surface area contributed by atoms with Crippen molar-refractivity contribution in [3.63, 3.8) is 0 Å². The summed E-state index contributed by atoms with van der Waals surface area (Å²) in [5.74, 6) is -0.0150. The zero-order valence-corrected chi connectivity index (χ0v) is 18.3. The number of sulfonamides is 1. The molecule has 4 rings (SSSR count). The average Bonchev–Trinajstić information content (AvgIpc) is 3.40. The molecule has 0 aliphatic carbocycles. The van der Waals surface area contributed by atoms with Crippen LogP contribution in [-0.4, -0.2) is 44.4 Å². The first-order chi connectivity index (χ1) is 15.2. The van der Waals surface area contributed by atoms with Crippen LogP contribution in [-0.2, 0) is 16.6 Å². The van der Waals surface area contributed by atoms with Crippen molar-refractivity contribution in [2.24, 2.45) is 0 Å². The van der Waals surface area contributed by atoms with Crippen LogP contribution in [0.5, 0.6) is 5.75 Å². The highest BCUT2D eigenvalue weighted by molar-refractivity contribution is 7.94. The minimum absolute atomic E-state index is 0.214. The lowest BCUT2D eigenvalue weighted by Crippen LogP contribution is -2.25. The van der Waals surface area contributed by atoms with E-state index in [-0.39, 0.29) is 15.8 Å². The van der Waals surface area contributed by atoms with Gasteiger partial charge in [-0.3, -0.25) is 9.62 Å². The van der Waals surface area contributed by atoms with Crippen molar-refractivity contribution < 1.29 is 26.3 Å². The highest BCUT2D eigenvalue weighted by Crippen LogP contribution is 2.27. The molecule has 0 atom stereocenters. The third-order valence-corrected chi connectivity index (χ3v) is 7.47. The summed E-state index contributed by atoms with van der Waals surface area (Å²) in [5, 5.41) is 1.69. The molecule has 1 aromatic carbocycles. The number of hydrogen-bond donors (Lipinski definition) is 1. The number of aromatic nitrogens is 1. The molecule has 32 heavy (non-hydrogen) atoms. The molecule has 0 saturated carbocycles. The molecule has 0 radical (unpaired) electrons. The quantitative estimate of drug-likeness (QED) is 0.544. The van der Waals surface area contributed by atoms with Gasteiger partial charge in [0.25, 0.3) is 10.0 Å². The summed E-state index contributed by atoms with van der Waals surface area (Å²) in [7, 11) is -3.67. The second-order valence-electron chi connectivity index (χ2n) is 7.09. The predicted molar refractivity (Wildman–Crippen MR) is 115 cm³/mol. The van der Waals surface area contributed by atoms with E-state index in [2.05, 4.69) is 19.3 Å². The Bertz CT molecular complexity index is 1150. The molecule has 1 aliphatic rings. The van der Waals surface area contributed by atoms with Gasteiger partial charge in [0.1, 0.15) is 15.8 Å². The lowest BCUT2D eigenvalue weighted by Gasteiger charge is -2.20. The number of nitrogens with one attached hydrogen (secondary N) is 1. The van der Waals surface area contributed by atoms with Crippen LogP contribution in [0, 0.1) is 0 Å². The summed E-state index contributed by atoms with van der Waals surface area (Å²) >= 11 is 1.13. The van der Waals surface area contributed by atoms with E-state index in [1.165, 1.54) is 18.2 Å². The fraction of sp³-hybridized carbons (Fsp3) is 0.250. The fourth-order valence-corrected chi connectivity index (χ4v) is 5.33. The third-order valence-electron chi connectivity index (χ3n) is 4.72. The minimum Gasteiger partial charge on any atom is -0.406 e. The molecule has 1 fully saturated rings. The van der Waals surface area contributed by atoms with Crippen molar-refractivity contribution in [3.05, 3.63) is 65.7 Å². The number of thiophene rings is 1. The first-order valence-electron chi connectivity index (χ1n) is 9.52. The molecule has 3 aromatic rings. The Balaban J connectivity index is 1.36. The molecule has 2 aromatic heterocycles. The lowest BCUT2D eigenvalue weighted by molar-refractivity contribution is -0.274. The normalized spacial score (nSPS) is 15.2. The van der Waals surface area contributed by atoms with Gasteiger partial charge in [0, 0.05) is 31.5 Å². The van der Waals surface area contributed by atoms with Crippen molar-refractivity contribution in [3.8, 4) is 5.75 Å². The van der Waals surface area contributed by atoms with Crippen molar-refractivity contribution in [1.82, 2.24) is 9.88 Å². The Morgan fingerprint density at radius 3 is 2.59 bits per heavy atom. The van der Waals surface area contributed by atoms with E-state index >= 15 is 0 Å². The van der Waals surface area contributed by atoms with Gasteiger partial charge in [-0.1, -0.05) is 6.07 Å². The molecule has 0 bridgehead atoms. The molecule has 1 N–H and O–H groups in total. The van der Waals surface area contributed by atoms with Crippen LogP contribution in [0.3, 0.4) is 0 Å². The van der Waals surface area contributed by atoms with Gasteiger partial charge in [0.15, 0.2) is 0 Å². The van der Waals surface area contributed by atoms with E-state index in [1.54, 1.807) is 35.8 Å². The fourth-order valence-electron chi connectivity index (χ4n) is 3.33. The number of rotatable bonds is 7. The Kier molecular flexibility index (Phi) is 6.26. The monoisotopic (exact) mass is 484 g/mol. The summed E-state index contributed by atoms with van der Waals surface area (Å²) in [4.78, 5) is 8.29. The molecule has 170 valence electrons. The Labute approximate surface area is 187 Å². The molecule has 1 aliphatic heterocycles. The molecule has 1 saturated heterocycles. The van der Waals surface area contributed by atoms with Crippen LogP contribution < -0.4 is 14.4 Å². The summed E-state index contributed by atoms with van der Waals surface area (Å²) < 4.78 is 68.3. The molecule has 12 heteroatoms. The smallest absolute Gasteiger partial charge is 0.406 e. The number of nitrogens with zero attached hydrogens (tertiary/aromatic N) is 3. The first kappa shape index (κ1) is 22.4. The second kappa shape index (κ2) is 8.96. The number of anilines is 2. The van der Waals surface area contributed by atoms with Crippen molar-refractivity contribution in [1.29, 1.82) is 0 Å². The maximum Gasteiger partial charge on any atom is 0.573 e. The Hall–Kier alpha value is -2.83. The van der Waals surface area contributed by atoms with Gasteiger partial charge in [-0.15, -0.1) is 24.5 Å². The number of halogens is 3. The maximum atomic E-state index is 12.4. The van der Waals surface area contributed by atoms with Gasteiger partial charge in [-0.2, -0.15) is 0 Å². The van der Waals surface area contributed by atoms with Crippen LogP contribution in [0.4, 0.5) is 24.7 Å². The van der Waals surface area contributed by atoms with E-state index in [0.29, 0.717) is 19.8 Å². The van der Waals surface area contributed by atoms with E-state index in [1.807, 2.05) is 11.0 Å². The molecule has 3 heterocycles. The summed E-state index contributed by atoms with van der Waals surface area (Å²) in [5.41, 5.74) is 1.68. The minimum atomic E-state index is -4.71. The molecule has 0 spiro atoms. The van der Waals surface area contributed by atoms with Crippen LogP contribution in [0.25, 0.3) is 0 Å². The van der Waals surface area contributed by atoms with Gasteiger partial charge in [0.2, 0.25) is 0 Å². The van der Waals surface area contributed by atoms with Crippen LogP contribution in [0.15, 0.2) is 64.3 Å². The average molecular weight is 485 g/mol. The number of hydrogen-bond acceptors (Lipinski definition) is 7. The van der Waals surface area contributed by atoms with Crippen LogP contribution in [0.1, 0.15) is 5.56 Å². The van der Waals surface area contributed by atoms with Crippen LogP contribution in [0.2, 0.25) is 0 Å². The van der Waals surface area contributed by atoms with Gasteiger partial charge in [-0.05, 0) is 53.4 Å². The molecule has 7 nitrogen and oxygen atoms in total. The molecular weight excluding hydrogens is 465 g/mol. The van der Waals surface area contributed by atoms with E-state index in [4.69, 9.17) is 0 Å². The zero-order valence-electron chi connectivity index (χ0n) is 16.6. The lowest BCUT2D eigenvalue weighted by atomic mass is 10.2. The van der Waals surface area contributed by atoms with Gasteiger partial charge >= 0.3 is 6.36 Å². The largest absolute Gasteiger partial charge is 0.573 e. The van der Waals surface area contributed by atoms with E-state index in [9.17, 15) is 21.6 Å². The van der Waals surface area contributed by atoms with Crippen molar-refractivity contribution in [2.45, 2.75) is 17.1 Å². The van der Waals surface area contributed by atoms with Crippen LogP contribution >= 0.6 is 11.3 Å². The van der Waals surface area contributed by atoms with Gasteiger partial charge in [0.05, 0.1) is 6.67 Å². The van der Waals surface area contributed by atoms with Gasteiger partial charge in [-0.25, -0.2) is 13.4 Å². The predicted octanol–water partition coefficient (Wildman–Crippen LogP) is 4.12. The third kappa shape index (κ3) is 5.69. The molecular formula is C20H19F3N4O3S2. The van der Waals surface area contributed by atoms with Crippen molar-refractivity contribution in [2.75, 3.05) is 29.4 Å². The summed E-state index contributed by atoms with van der Waals surface area (Å²) in [6.45, 7) is 2.61. The SMILES string of the molecule is O=S(=O)(Nc1cc(CN2CCN(c3ccc(OC(F)(F)F)cc3)C2)ccn1)c1cccs1. The summed E-state index contributed by atoms with van der Waals surface area (Å²) in [6, 6.07) is 12.5. The van der Waals surface area contributed by atoms with E-state index in [0.717, 1.165) is 29.1 Å². The molecule has 0 unspecified atom stereocenters. The topological polar surface area (TPSA) is 74.8 Å². The van der Waals surface area contributed by atoms with E-state index < -0.39 is 16.4 Å². The first-order valence-corrected chi connectivity index (χ1v) is 11.9. The number of alkyl halides is 3. The second-order valence-corrected chi connectivity index (χ2v) is 9.94. The van der Waals surface area contributed by atoms with Crippen molar-refractivity contribution >= 4 is 32.9 Å². The maximum absolute atomic E-state index is 12.4. The summed E-state index contributed by atoms with van der Waals surface area (Å²) in [6.07, 6.45) is -3.16. The number of ether oxygens (including phenoxy) is 1. The standard InChI is InChI=1S/C20H19F3N4O3S2/c21-20(22,23)30-17-5-3-16(4-6-17)27-10-9-26(14-27)13-15-7-8-24-18(12-15)25-32(28,29)19-2-1-11-31-19/h1-8,11-12H,9-10,13-14H2,(H,24,25). The zero-order chi connectivity index (χ0) is 22.8. The Morgan fingerprint density at radius 1 is 1.12 bits per heavy atom. The Morgan fingerprint density at radius 2 is 1.91 bits per heavy atom. The van der Waals surface area contributed by atoms with Gasteiger partial charge < -0.3 is 9.64 Å².